The van der Waals surface area contributed by atoms with E-state index in [1.807, 2.05) is 0 Å². The number of methoxy groups -OCH3 is 1. The van der Waals surface area contributed by atoms with E-state index < -0.39 is 17.7 Å². The molecule has 104 valence electrons. The van der Waals surface area contributed by atoms with E-state index in [2.05, 4.69) is 10.1 Å². The van der Waals surface area contributed by atoms with Crippen LogP contribution in [0.1, 0.15) is 31.1 Å². The highest BCUT2D eigenvalue weighted by Crippen LogP contribution is 2.28. The minimum Gasteiger partial charge on any atom is -0.506 e. The molecule has 6 heteroatoms. The summed E-state index contributed by atoms with van der Waals surface area (Å²) in [7, 11) is 1.21. The van der Waals surface area contributed by atoms with E-state index >= 15 is 0 Å². The van der Waals surface area contributed by atoms with Crippen molar-refractivity contribution in [1.82, 2.24) is 0 Å². The maximum Gasteiger partial charge on any atom is 0.412 e. The number of carbonyl (C=O) groups excluding carboxylic acids is 2. The van der Waals surface area contributed by atoms with Gasteiger partial charge in [0.15, 0.2) is 0 Å². The van der Waals surface area contributed by atoms with Crippen molar-refractivity contribution < 1.29 is 24.2 Å². The van der Waals surface area contributed by atoms with E-state index in [4.69, 9.17) is 4.74 Å². The summed E-state index contributed by atoms with van der Waals surface area (Å²) in [6, 6.07) is 4.25. The Morgan fingerprint density at radius 3 is 2.42 bits per heavy atom. The minimum absolute atomic E-state index is 0.0383. The molecular formula is C13H17NO5. The lowest BCUT2D eigenvalue weighted by atomic mass is 10.1. The van der Waals surface area contributed by atoms with Crippen LogP contribution >= 0.6 is 0 Å². The third-order valence-corrected chi connectivity index (χ3v) is 2.07. The van der Waals surface area contributed by atoms with Gasteiger partial charge in [0.2, 0.25) is 0 Å². The van der Waals surface area contributed by atoms with Gasteiger partial charge in [0.05, 0.1) is 12.7 Å². The second-order valence-electron chi connectivity index (χ2n) is 4.82. The number of phenols is 1. The van der Waals surface area contributed by atoms with Crippen LogP contribution in [0.4, 0.5) is 10.5 Å². The predicted molar refractivity (Wildman–Crippen MR) is 69.3 cm³/mol. The Morgan fingerprint density at radius 2 is 1.89 bits per heavy atom. The van der Waals surface area contributed by atoms with Gasteiger partial charge in [0, 0.05) is 0 Å². The zero-order valence-electron chi connectivity index (χ0n) is 11.3. The molecule has 1 aromatic rings. The quantitative estimate of drug-likeness (QED) is 0.635. The van der Waals surface area contributed by atoms with E-state index in [0.29, 0.717) is 0 Å². The normalized spacial score (nSPS) is 10.7. The number of rotatable bonds is 2. The van der Waals surface area contributed by atoms with Crippen molar-refractivity contribution in [3.05, 3.63) is 23.8 Å². The number of carbonyl (C=O) groups is 2. The molecule has 19 heavy (non-hydrogen) atoms. The number of nitrogens with one attached hydrogen (secondary N) is 1. The van der Waals surface area contributed by atoms with Crippen LogP contribution in [0.2, 0.25) is 0 Å². The third-order valence-electron chi connectivity index (χ3n) is 2.07. The van der Waals surface area contributed by atoms with Crippen molar-refractivity contribution in [3.63, 3.8) is 0 Å². The summed E-state index contributed by atoms with van der Waals surface area (Å²) in [5, 5.41) is 12.0. The third kappa shape index (κ3) is 4.17. The van der Waals surface area contributed by atoms with E-state index in [-0.39, 0.29) is 17.0 Å². The number of hydrogen-bond acceptors (Lipinski definition) is 5. The molecule has 0 aromatic heterocycles. The first-order chi connectivity index (χ1) is 8.74. The van der Waals surface area contributed by atoms with Gasteiger partial charge in [-0.25, -0.2) is 9.59 Å². The first-order valence-electron chi connectivity index (χ1n) is 5.65. The summed E-state index contributed by atoms with van der Waals surface area (Å²) in [6.45, 7) is 5.12. The Hall–Kier alpha value is -2.24. The van der Waals surface area contributed by atoms with Gasteiger partial charge in [0.25, 0.3) is 0 Å². The summed E-state index contributed by atoms with van der Waals surface area (Å²) >= 11 is 0. The standard InChI is InChI=1S/C13H17NO5/c1-13(2,3)19-12(17)14-10-8(11(16)18-4)6-5-7-9(10)15/h5-7,15H,1-4H3,(H,14,17). The van der Waals surface area contributed by atoms with Crippen molar-refractivity contribution >= 4 is 17.7 Å². The fourth-order valence-electron chi connectivity index (χ4n) is 1.36. The van der Waals surface area contributed by atoms with Gasteiger partial charge in [0.1, 0.15) is 17.0 Å². The molecule has 0 saturated carbocycles. The van der Waals surface area contributed by atoms with Crippen molar-refractivity contribution in [1.29, 1.82) is 0 Å². The molecule has 1 rings (SSSR count). The Morgan fingerprint density at radius 1 is 1.26 bits per heavy atom. The molecule has 0 spiro atoms. The van der Waals surface area contributed by atoms with Crippen LogP contribution in [0.5, 0.6) is 5.75 Å². The molecule has 0 bridgehead atoms. The van der Waals surface area contributed by atoms with Crippen LogP contribution in [0.25, 0.3) is 0 Å². The summed E-state index contributed by atoms with van der Waals surface area (Å²) in [5.41, 5.74) is -0.670. The molecule has 0 atom stereocenters. The van der Waals surface area contributed by atoms with Crippen LogP contribution in [0, 0.1) is 0 Å². The van der Waals surface area contributed by atoms with Crippen molar-refractivity contribution in [2.75, 3.05) is 12.4 Å². The van der Waals surface area contributed by atoms with E-state index in [1.165, 1.54) is 25.3 Å². The average Bonchev–Trinajstić information content (AvgIpc) is 2.28. The Balaban J connectivity index is 3.00. The minimum atomic E-state index is -0.765. The maximum atomic E-state index is 11.6. The van der Waals surface area contributed by atoms with Crippen molar-refractivity contribution in [2.45, 2.75) is 26.4 Å². The highest BCUT2D eigenvalue weighted by Gasteiger charge is 2.21. The molecule has 1 aromatic carbocycles. The van der Waals surface area contributed by atoms with Crippen molar-refractivity contribution in [2.24, 2.45) is 0 Å². The van der Waals surface area contributed by atoms with Crippen LogP contribution in [-0.4, -0.2) is 29.9 Å². The summed E-state index contributed by atoms with van der Waals surface area (Å²) in [5.74, 6) is -0.907. The molecule has 0 fully saturated rings. The van der Waals surface area contributed by atoms with Gasteiger partial charge in [-0.15, -0.1) is 0 Å². The molecule has 0 radical (unpaired) electrons. The largest absolute Gasteiger partial charge is 0.506 e. The number of ether oxygens (including phenoxy) is 2. The predicted octanol–water partition coefficient (Wildman–Crippen LogP) is 2.53. The number of para-hydroxylation sites is 1. The fraction of sp³-hybridized carbons (Fsp3) is 0.385. The van der Waals surface area contributed by atoms with Gasteiger partial charge in [-0.05, 0) is 32.9 Å². The molecule has 0 heterocycles. The lowest BCUT2D eigenvalue weighted by Gasteiger charge is -2.20. The second-order valence-corrected chi connectivity index (χ2v) is 4.82. The van der Waals surface area contributed by atoms with Gasteiger partial charge in [-0.2, -0.15) is 0 Å². The first kappa shape index (κ1) is 14.8. The number of phenolic OH excluding ortho intramolecular Hbond substituents is 1. The molecule has 1 amide bonds. The Kier molecular flexibility index (Phi) is 4.37. The molecule has 0 unspecified atom stereocenters. The topological polar surface area (TPSA) is 84.9 Å². The zero-order chi connectivity index (χ0) is 14.6. The van der Waals surface area contributed by atoms with E-state index in [1.54, 1.807) is 20.8 Å². The van der Waals surface area contributed by atoms with Crippen molar-refractivity contribution in [3.8, 4) is 5.75 Å². The molecule has 0 aliphatic carbocycles. The number of anilines is 1. The second kappa shape index (κ2) is 5.60. The zero-order valence-corrected chi connectivity index (χ0v) is 11.3. The van der Waals surface area contributed by atoms with Crippen LogP contribution in [-0.2, 0) is 9.47 Å². The highest BCUT2D eigenvalue weighted by molar-refractivity contribution is 6.01. The van der Waals surface area contributed by atoms with Crippen LogP contribution in [0.15, 0.2) is 18.2 Å². The molecule has 0 aliphatic heterocycles. The molecule has 0 aliphatic rings. The van der Waals surface area contributed by atoms with Gasteiger partial charge in [-0.3, -0.25) is 5.32 Å². The van der Waals surface area contributed by atoms with E-state index in [0.717, 1.165) is 0 Å². The highest BCUT2D eigenvalue weighted by atomic mass is 16.6. The van der Waals surface area contributed by atoms with Gasteiger partial charge >= 0.3 is 12.1 Å². The smallest absolute Gasteiger partial charge is 0.412 e. The number of hydrogen-bond donors (Lipinski definition) is 2. The fourth-order valence-corrected chi connectivity index (χ4v) is 1.36. The monoisotopic (exact) mass is 267 g/mol. The van der Waals surface area contributed by atoms with Crippen LogP contribution < -0.4 is 5.32 Å². The number of benzene rings is 1. The number of esters is 1. The molecule has 0 saturated heterocycles. The molecular weight excluding hydrogens is 250 g/mol. The first-order valence-corrected chi connectivity index (χ1v) is 5.65. The number of aromatic hydroxyl groups is 1. The van der Waals surface area contributed by atoms with E-state index in [9.17, 15) is 14.7 Å². The molecule has 6 nitrogen and oxygen atoms in total. The summed E-state index contributed by atoms with van der Waals surface area (Å²) in [4.78, 5) is 23.2. The molecule has 2 N–H and O–H groups in total. The summed E-state index contributed by atoms with van der Waals surface area (Å²) in [6.07, 6.45) is -0.765. The number of amides is 1. The average molecular weight is 267 g/mol. The van der Waals surface area contributed by atoms with Gasteiger partial charge in [-0.1, -0.05) is 6.07 Å². The Labute approximate surface area is 111 Å². The summed E-state index contributed by atoms with van der Waals surface area (Å²) < 4.78 is 9.62. The van der Waals surface area contributed by atoms with Gasteiger partial charge < -0.3 is 14.6 Å². The lowest BCUT2D eigenvalue weighted by molar-refractivity contribution is 0.0601. The maximum absolute atomic E-state index is 11.6. The SMILES string of the molecule is COC(=O)c1cccc(O)c1NC(=O)OC(C)(C)C. The Bertz CT molecular complexity index is 490. The lowest BCUT2D eigenvalue weighted by Crippen LogP contribution is -2.27. The van der Waals surface area contributed by atoms with Crippen LogP contribution in [0.3, 0.4) is 0 Å².